The molecule has 0 atom stereocenters. The number of hydrogen-bond acceptors (Lipinski definition) is 4. The molecule has 0 unspecified atom stereocenters. The fourth-order valence-electron chi connectivity index (χ4n) is 2.90. The standard InChI is InChI=1S/C21H28N2O3/c1-15(2)17-8-6-7-9-18(17)22-21(24)14-23(3)13-16-10-11-19(25-4)20(12-16)26-5/h6-12,15H,13-14H2,1-5H3,(H,22,24). The molecule has 5 nitrogen and oxygen atoms in total. The number of benzene rings is 2. The molecule has 0 aliphatic rings. The summed E-state index contributed by atoms with van der Waals surface area (Å²) >= 11 is 0. The summed E-state index contributed by atoms with van der Waals surface area (Å²) in [4.78, 5) is 14.4. The van der Waals surface area contributed by atoms with Gasteiger partial charge in [-0.05, 0) is 42.3 Å². The van der Waals surface area contributed by atoms with Crippen LogP contribution in [0.5, 0.6) is 11.5 Å². The van der Waals surface area contributed by atoms with Crippen LogP contribution in [-0.2, 0) is 11.3 Å². The first-order valence-electron chi connectivity index (χ1n) is 8.72. The van der Waals surface area contributed by atoms with Gasteiger partial charge in [-0.1, -0.05) is 38.1 Å². The zero-order valence-corrected chi connectivity index (χ0v) is 16.2. The Bertz CT molecular complexity index is 744. The van der Waals surface area contributed by atoms with Gasteiger partial charge in [-0.2, -0.15) is 0 Å². The number of carbonyl (C=O) groups is 1. The van der Waals surface area contributed by atoms with Crippen LogP contribution in [0.1, 0.15) is 30.9 Å². The average molecular weight is 356 g/mol. The van der Waals surface area contributed by atoms with E-state index < -0.39 is 0 Å². The third-order valence-electron chi connectivity index (χ3n) is 4.17. The summed E-state index contributed by atoms with van der Waals surface area (Å²) in [5.74, 6) is 1.72. The maximum Gasteiger partial charge on any atom is 0.238 e. The number of amides is 1. The molecule has 0 aromatic heterocycles. The molecule has 26 heavy (non-hydrogen) atoms. The molecular weight excluding hydrogens is 328 g/mol. The quantitative estimate of drug-likeness (QED) is 0.779. The summed E-state index contributed by atoms with van der Waals surface area (Å²) in [6.07, 6.45) is 0. The number of nitrogens with zero attached hydrogens (tertiary/aromatic N) is 1. The van der Waals surface area contributed by atoms with Crippen molar-refractivity contribution in [2.45, 2.75) is 26.3 Å². The molecular formula is C21H28N2O3. The molecule has 0 saturated carbocycles. The molecule has 0 saturated heterocycles. The first kappa shape index (κ1) is 19.8. The number of anilines is 1. The van der Waals surface area contributed by atoms with E-state index in [4.69, 9.17) is 9.47 Å². The van der Waals surface area contributed by atoms with Crippen LogP contribution in [0.2, 0.25) is 0 Å². The van der Waals surface area contributed by atoms with E-state index in [0.717, 1.165) is 16.8 Å². The van der Waals surface area contributed by atoms with Gasteiger partial charge in [0.2, 0.25) is 5.91 Å². The molecule has 1 N–H and O–H groups in total. The Morgan fingerprint density at radius 3 is 2.42 bits per heavy atom. The van der Waals surface area contributed by atoms with E-state index in [1.807, 2.05) is 54.4 Å². The molecule has 2 aromatic carbocycles. The number of nitrogens with one attached hydrogen (secondary N) is 1. The van der Waals surface area contributed by atoms with E-state index in [1.54, 1.807) is 14.2 Å². The number of ether oxygens (including phenoxy) is 2. The summed E-state index contributed by atoms with van der Waals surface area (Å²) in [6, 6.07) is 13.7. The number of para-hydroxylation sites is 1. The summed E-state index contributed by atoms with van der Waals surface area (Å²) in [7, 11) is 5.15. The van der Waals surface area contributed by atoms with Gasteiger partial charge in [-0.25, -0.2) is 0 Å². The predicted octanol–water partition coefficient (Wildman–Crippen LogP) is 3.90. The summed E-state index contributed by atoms with van der Waals surface area (Å²) in [5, 5.41) is 3.02. The lowest BCUT2D eigenvalue weighted by Gasteiger charge is -2.19. The van der Waals surface area contributed by atoms with Crippen molar-refractivity contribution in [3.05, 3.63) is 53.6 Å². The number of hydrogen-bond donors (Lipinski definition) is 1. The Kier molecular flexibility index (Phi) is 7.04. The molecule has 0 radical (unpaired) electrons. The normalized spacial score (nSPS) is 10.9. The predicted molar refractivity (Wildman–Crippen MR) is 105 cm³/mol. The van der Waals surface area contributed by atoms with Crippen molar-refractivity contribution in [3.8, 4) is 11.5 Å². The minimum atomic E-state index is -0.0268. The summed E-state index contributed by atoms with van der Waals surface area (Å²) < 4.78 is 10.6. The largest absolute Gasteiger partial charge is 0.493 e. The number of methoxy groups -OCH3 is 2. The van der Waals surface area contributed by atoms with Crippen molar-refractivity contribution >= 4 is 11.6 Å². The highest BCUT2D eigenvalue weighted by Crippen LogP contribution is 2.28. The monoisotopic (exact) mass is 356 g/mol. The van der Waals surface area contributed by atoms with E-state index >= 15 is 0 Å². The topological polar surface area (TPSA) is 50.8 Å². The van der Waals surface area contributed by atoms with Crippen molar-refractivity contribution in [2.75, 3.05) is 33.1 Å². The molecule has 0 bridgehead atoms. The van der Waals surface area contributed by atoms with Crippen LogP contribution in [0.4, 0.5) is 5.69 Å². The first-order chi connectivity index (χ1) is 12.4. The van der Waals surface area contributed by atoms with Crippen molar-refractivity contribution in [3.63, 3.8) is 0 Å². The Balaban J connectivity index is 1.97. The maximum atomic E-state index is 12.4. The maximum absolute atomic E-state index is 12.4. The van der Waals surface area contributed by atoms with E-state index in [-0.39, 0.29) is 5.91 Å². The number of carbonyl (C=O) groups excluding carboxylic acids is 1. The van der Waals surface area contributed by atoms with Crippen LogP contribution >= 0.6 is 0 Å². The lowest BCUT2D eigenvalue weighted by molar-refractivity contribution is -0.117. The van der Waals surface area contributed by atoms with Crippen LogP contribution in [0.15, 0.2) is 42.5 Å². The average Bonchev–Trinajstić information content (AvgIpc) is 2.61. The lowest BCUT2D eigenvalue weighted by Crippen LogP contribution is -2.30. The lowest BCUT2D eigenvalue weighted by atomic mass is 10.0. The molecule has 5 heteroatoms. The molecule has 0 aliphatic heterocycles. The van der Waals surface area contributed by atoms with E-state index in [1.165, 1.54) is 0 Å². The third-order valence-corrected chi connectivity index (χ3v) is 4.17. The van der Waals surface area contributed by atoms with Crippen LogP contribution in [0.3, 0.4) is 0 Å². The second kappa shape index (κ2) is 9.25. The Morgan fingerprint density at radius 1 is 1.08 bits per heavy atom. The van der Waals surface area contributed by atoms with Crippen molar-refractivity contribution in [2.24, 2.45) is 0 Å². The summed E-state index contributed by atoms with van der Waals surface area (Å²) in [6.45, 7) is 5.18. The molecule has 0 spiro atoms. The van der Waals surface area contributed by atoms with Gasteiger partial charge < -0.3 is 14.8 Å². The molecule has 2 rings (SSSR count). The van der Waals surface area contributed by atoms with Gasteiger partial charge in [0.05, 0.1) is 20.8 Å². The van der Waals surface area contributed by atoms with Gasteiger partial charge >= 0.3 is 0 Å². The Morgan fingerprint density at radius 2 is 1.77 bits per heavy atom. The highest BCUT2D eigenvalue weighted by Gasteiger charge is 2.12. The second-order valence-electron chi connectivity index (χ2n) is 6.65. The van der Waals surface area contributed by atoms with Gasteiger partial charge in [0.15, 0.2) is 11.5 Å². The van der Waals surface area contributed by atoms with Gasteiger partial charge in [0, 0.05) is 12.2 Å². The van der Waals surface area contributed by atoms with Gasteiger partial charge in [-0.3, -0.25) is 9.69 Å². The molecule has 0 fully saturated rings. The number of likely N-dealkylation sites (N-methyl/N-ethyl adjacent to an activating group) is 1. The van der Waals surface area contributed by atoms with E-state index in [9.17, 15) is 4.79 Å². The zero-order valence-electron chi connectivity index (χ0n) is 16.2. The van der Waals surface area contributed by atoms with E-state index in [2.05, 4.69) is 19.2 Å². The second-order valence-corrected chi connectivity index (χ2v) is 6.65. The van der Waals surface area contributed by atoms with Crippen LogP contribution in [0.25, 0.3) is 0 Å². The van der Waals surface area contributed by atoms with Gasteiger partial charge in [-0.15, -0.1) is 0 Å². The van der Waals surface area contributed by atoms with Gasteiger partial charge in [0.25, 0.3) is 0 Å². The fraction of sp³-hybridized carbons (Fsp3) is 0.381. The van der Waals surface area contributed by atoms with Crippen LogP contribution < -0.4 is 14.8 Å². The molecule has 2 aromatic rings. The Hall–Kier alpha value is -2.53. The zero-order chi connectivity index (χ0) is 19.1. The third kappa shape index (κ3) is 5.23. The summed E-state index contributed by atoms with van der Waals surface area (Å²) in [5.41, 5.74) is 3.08. The number of rotatable bonds is 8. The van der Waals surface area contributed by atoms with E-state index in [0.29, 0.717) is 30.5 Å². The molecule has 140 valence electrons. The fourth-order valence-corrected chi connectivity index (χ4v) is 2.90. The van der Waals surface area contributed by atoms with Crippen LogP contribution in [-0.4, -0.2) is 38.6 Å². The minimum absolute atomic E-state index is 0.0268. The molecule has 0 heterocycles. The highest BCUT2D eigenvalue weighted by atomic mass is 16.5. The Labute approximate surface area is 155 Å². The van der Waals surface area contributed by atoms with Crippen LogP contribution in [0, 0.1) is 0 Å². The smallest absolute Gasteiger partial charge is 0.238 e. The minimum Gasteiger partial charge on any atom is -0.493 e. The van der Waals surface area contributed by atoms with Crippen molar-refractivity contribution < 1.29 is 14.3 Å². The highest BCUT2D eigenvalue weighted by molar-refractivity contribution is 5.93. The van der Waals surface area contributed by atoms with Crippen molar-refractivity contribution in [1.29, 1.82) is 0 Å². The van der Waals surface area contributed by atoms with Crippen molar-refractivity contribution in [1.82, 2.24) is 4.90 Å². The van der Waals surface area contributed by atoms with Gasteiger partial charge in [0.1, 0.15) is 0 Å². The molecule has 0 aliphatic carbocycles. The SMILES string of the molecule is COc1ccc(CN(C)CC(=O)Nc2ccccc2C(C)C)cc1OC. The first-order valence-corrected chi connectivity index (χ1v) is 8.72. The molecule has 1 amide bonds.